The smallest absolute Gasteiger partial charge is 0.251 e. The van der Waals surface area contributed by atoms with Crippen molar-refractivity contribution in [1.29, 1.82) is 0 Å². The Morgan fingerprint density at radius 3 is 2.28 bits per heavy atom. The number of benzene rings is 2. The molecule has 0 unspecified atom stereocenters. The van der Waals surface area contributed by atoms with Crippen LogP contribution in [-0.4, -0.2) is 45.9 Å². The van der Waals surface area contributed by atoms with Crippen molar-refractivity contribution in [2.75, 3.05) is 27.3 Å². The first-order valence-corrected chi connectivity index (χ1v) is 10.9. The highest BCUT2D eigenvalue weighted by atomic mass is 32.2. The van der Waals surface area contributed by atoms with E-state index >= 15 is 0 Å². The Hall–Kier alpha value is -2.58. The lowest BCUT2D eigenvalue weighted by atomic mass is 10.1. The van der Waals surface area contributed by atoms with E-state index in [2.05, 4.69) is 5.32 Å². The highest BCUT2D eigenvalue weighted by Gasteiger charge is 2.30. The summed E-state index contributed by atoms with van der Waals surface area (Å²) in [7, 11) is -0.696. The van der Waals surface area contributed by atoms with Crippen molar-refractivity contribution < 1.29 is 22.7 Å². The first kappa shape index (κ1) is 21.1. The normalized spacial score (nSPS) is 15.7. The zero-order chi connectivity index (χ0) is 21.0. The first-order chi connectivity index (χ1) is 13.9. The van der Waals surface area contributed by atoms with Crippen LogP contribution in [0.5, 0.6) is 11.5 Å². The maximum absolute atomic E-state index is 13.0. The summed E-state index contributed by atoms with van der Waals surface area (Å²) >= 11 is 0. The number of ether oxygens (including phenoxy) is 2. The van der Waals surface area contributed by atoms with E-state index in [0.29, 0.717) is 13.1 Å². The molecular weight excluding hydrogens is 392 g/mol. The van der Waals surface area contributed by atoms with Gasteiger partial charge in [0.15, 0.2) is 0 Å². The van der Waals surface area contributed by atoms with Crippen LogP contribution in [0.2, 0.25) is 0 Å². The second-order valence-electron chi connectivity index (χ2n) is 6.95. The minimum Gasteiger partial charge on any atom is -0.497 e. The van der Waals surface area contributed by atoms with Gasteiger partial charge in [-0.15, -0.1) is 0 Å². The Morgan fingerprint density at radius 1 is 1.03 bits per heavy atom. The number of methoxy groups -OCH3 is 2. The SMILES string of the molecule is COc1ccc([C@@H](C)NC(=O)c2ccc(OC)c(S(=O)(=O)N3CCCC3)c2)cc1. The van der Waals surface area contributed by atoms with Gasteiger partial charge < -0.3 is 14.8 Å². The van der Waals surface area contributed by atoms with Crippen LogP contribution in [0, 0.1) is 0 Å². The lowest BCUT2D eigenvalue weighted by molar-refractivity contribution is 0.0939. The van der Waals surface area contributed by atoms with Crippen molar-refractivity contribution in [2.24, 2.45) is 0 Å². The fraction of sp³-hybridized carbons (Fsp3) is 0.381. The van der Waals surface area contributed by atoms with Gasteiger partial charge in [-0.25, -0.2) is 8.42 Å². The lowest BCUT2D eigenvalue weighted by Gasteiger charge is -2.19. The van der Waals surface area contributed by atoms with Gasteiger partial charge in [0, 0.05) is 18.7 Å². The average molecular weight is 419 g/mol. The molecule has 29 heavy (non-hydrogen) atoms. The number of carbonyl (C=O) groups is 1. The number of nitrogens with zero attached hydrogens (tertiary/aromatic N) is 1. The van der Waals surface area contributed by atoms with Crippen LogP contribution in [0.3, 0.4) is 0 Å². The lowest BCUT2D eigenvalue weighted by Crippen LogP contribution is -2.29. The molecule has 1 fully saturated rings. The molecule has 1 N–H and O–H groups in total. The number of carbonyl (C=O) groups excluding carboxylic acids is 1. The Balaban J connectivity index is 1.83. The topological polar surface area (TPSA) is 84.9 Å². The molecule has 0 radical (unpaired) electrons. The summed E-state index contributed by atoms with van der Waals surface area (Å²) in [6.07, 6.45) is 1.67. The fourth-order valence-electron chi connectivity index (χ4n) is 3.34. The molecule has 0 bridgehead atoms. The predicted molar refractivity (Wildman–Crippen MR) is 110 cm³/mol. The van der Waals surface area contributed by atoms with Crippen LogP contribution in [0.1, 0.15) is 41.7 Å². The van der Waals surface area contributed by atoms with Crippen molar-refractivity contribution in [3.63, 3.8) is 0 Å². The third-order valence-electron chi connectivity index (χ3n) is 5.07. The van der Waals surface area contributed by atoms with Crippen LogP contribution in [-0.2, 0) is 10.0 Å². The van der Waals surface area contributed by atoms with Crippen molar-refractivity contribution in [2.45, 2.75) is 30.7 Å². The van der Waals surface area contributed by atoms with Gasteiger partial charge in [-0.2, -0.15) is 4.31 Å². The quantitative estimate of drug-likeness (QED) is 0.747. The molecular formula is C21H26N2O5S. The molecule has 0 saturated carbocycles. The van der Waals surface area contributed by atoms with Crippen LogP contribution in [0.15, 0.2) is 47.4 Å². The first-order valence-electron chi connectivity index (χ1n) is 9.50. The van der Waals surface area contributed by atoms with Gasteiger partial charge in [0.25, 0.3) is 5.91 Å². The maximum Gasteiger partial charge on any atom is 0.251 e. The molecule has 3 rings (SSSR count). The molecule has 8 heteroatoms. The van der Waals surface area contributed by atoms with Crippen molar-refractivity contribution in [3.8, 4) is 11.5 Å². The Labute approximate surface area is 171 Å². The summed E-state index contributed by atoms with van der Waals surface area (Å²) in [6, 6.07) is 11.6. The van der Waals surface area contributed by atoms with E-state index in [-0.39, 0.29) is 28.2 Å². The molecule has 1 amide bonds. The van der Waals surface area contributed by atoms with Gasteiger partial charge in [0.1, 0.15) is 16.4 Å². The molecule has 1 aliphatic heterocycles. The molecule has 0 aromatic heterocycles. The molecule has 7 nitrogen and oxygen atoms in total. The van der Waals surface area contributed by atoms with E-state index in [4.69, 9.17) is 9.47 Å². The summed E-state index contributed by atoms with van der Waals surface area (Å²) < 4.78 is 37.8. The molecule has 1 saturated heterocycles. The molecule has 2 aromatic carbocycles. The number of amides is 1. The van der Waals surface area contributed by atoms with Gasteiger partial charge in [-0.3, -0.25) is 4.79 Å². The molecule has 2 aromatic rings. The monoisotopic (exact) mass is 418 g/mol. The summed E-state index contributed by atoms with van der Waals surface area (Å²) in [5, 5.41) is 2.91. The van der Waals surface area contributed by atoms with E-state index in [1.54, 1.807) is 13.2 Å². The van der Waals surface area contributed by atoms with E-state index in [1.807, 2.05) is 31.2 Å². The standard InChI is InChI=1S/C21H26N2O5S/c1-15(16-6-9-18(27-2)10-7-16)22-21(24)17-8-11-19(28-3)20(14-17)29(25,26)23-12-4-5-13-23/h6-11,14-15H,4-5,12-13H2,1-3H3,(H,22,24)/t15-/m1/s1. The van der Waals surface area contributed by atoms with Crippen molar-refractivity contribution in [3.05, 3.63) is 53.6 Å². The molecule has 0 spiro atoms. The molecule has 1 aliphatic rings. The van der Waals surface area contributed by atoms with Gasteiger partial charge in [-0.05, 0) is 55.7 Å². The van der Waals surface area contributed by atoms with Gasteiger partial charge >= 0.3 is 0 Å². The predicted octanol–water partition coefficient (Wildman–Crippen LogP) is 2.98. The third kappa shape index (κ3) is 4.54. The third-order valence-corrected chi connectivity index (χ3v) is 6.99. The number of rotatable bonds is 7. The minimum absolute atomic E-state index is 0.0200. The fourth-order valence-corrected chi connectivity index (χ4v) is 5.04. The molecule has 156 valence electrons. The number of nitrogens with one attached hydrogen (secondary N) is 1. The van der Waals surface area contributed by atoms with E-state index in [9.17, 15) is 13.2 Å². The van der Waals surface area contributed by atoms with Crippen molar-refractivity contribution >= 4 is 15.9 Å². The second-order valence-corrected chi connectivity index (χ2v) is 8.85. The molecule has 0 aliphatic carbocycles. The van der Waals surface area contributed by atoms with Crippen molar-refractivity contribution in [1.82, 2.24) is 9.62 Å². The summed E-state index contributed by atoms with van der Waals surface area (Å²) in [5.74, 6) is 0.615. The Morgan fingerprint density at radius 2 is 1.69 bits per heavy atom. The van der Waals surface area contributed by atoms with Crippen LogP contribution in [0.25, 0.3) is 0 Å². The van der Waals surface area contributed by atoms with Crippen LogP contribution >= 0.6 is 0 Å². The summed E-state index contributed by atoms with van der Waals surface area (Å²) in [4.78, 5) is 12.8. The van der Waals surface area contributed by atoms with E-state index < -0.39 is 10.0 Å². The van der Waals surface area contributed by atoms with Crippen LogP contribution < -0.4 is 14.8 Å². The van der Waals surface area contributed by atoms with Crippen LogP contribution in [0.4, 0.5) is 0 Å². The largest absolute Gasteiger partial charge is 0.497 e. The molecule has 1 atom stereocenters. The second kappa shape index (κ2) is 8.84. The van der Waals surface area contributed by atoms with Gasteiger partial charge in [-0.1, -0.05) is 12.1 Å². The summed E-state index contributed by atoms with van der Waals surface area (Å²) in [6.45, 7) is 2.83. The van der Waals surface area contributed by atoms with E-state index in [0.717, 1.165) is 24.2 Å². The van der Waals surface area contributed by atoms with Gasteiger partial charge in [0.2, 0.25) is 10.0 Å². The zero-order valence-corrected chi connectivity index (χ0v) is 17.7. The Kier molecular flexibility index (Phi) is 6.44. The maximum atomic E-state index is 13.0. The Bertz CT molecular complexity index is 967. The van der Waals surface area contributed by atoms with E-state index in [1.165, 1.54) is 23.5 Å². The highest BCUT2D eigenvalue weighted by Crippen LogP contribution is 2.30. The summed E-state index contributed by atoms with van der Waals surface area (Å²) in [5.41, 5.74) is 1.18. The number of sulfonamides is 1. The molecule has 1 heterocycles. The number of hydrogen-bond donors (Lipinski definition) is 1. The minimum atomic E-state index is -3.71. The van der Waals surface area contributed by atoms with Gasteiger partial charge in [0.05, 0.1) is 20.3 Å². The zero-order valence-electron chi connectivity index (χ0n) is 16.8. The highest BCUT2D eigenvalue weighted by molar-refractivity contribution is 7.89. The average Bonchev–Trinajstić information content (AvgIpc) is 3.29. The number of hydrogen-bond acceptors (Lipinski definition) is 5.